The summed E-state index contributed by atoms with van der Waals surface area (Å²) < 4.78 is 1.49. The van der Waals surface area contributed by atoms with Gasteiger partial charge in [-0.15, -0.1) is 0 Å². The lowest BCUT2D eigenvalue weighted by atomic mass is 10.0. The van der Waals surface area contributed by atoms with Crippen LogP contribution in [0.25, 0.3) is 11.2 Å². The first-order valence-electron chi connectivity index (χ1n) is 6.09. The van der Waals surface area contributed by atoms with Crippen LogP contribution in [0.3, 0.4) is 0 Å². The van der Waals surface area contributed by atoms with Gasteiger partial charge < -0.3 is 4.98 Å². The fraction of sp³-hybridized carbons (Fsp3) is 0.545. The lowest BCUT2D eigenvalue weighted by Crippen LogP contribution is -2.39. The SMILES string of the molecule is Cn1c(=O)[nH]c2c(C3CCCCN3N)ncnc21. The molecule has 1 aliphatic rings. The van der Waals surface area contributed by atoms with E-state index in [-0.39, 0.29) is 11.7 Å². The highest BCUT2D eigenvalue weighted by atomic mass is 16.1. The number of aromatic amines is 1. The molecule has 0 bridgehead atoms. The van der Waals surface area contributed by atoms with Crippen molar-refractivity contribution in [1.29, 1.82) is 0 Å². The Balaban J connectivity index is 2.16. The number of nitrogens with one attached hydrogen (secondary N) is 1. The van der Waals surface area contributed by atoms with Crippen molar-refractivity contribution in [2.24, 2.45) is 12.9 Å². The zero-order valence-electron chi connectivity index (χ0n) is 10.3. The maximum atomic E-state index is 11.6. The number of piperidine rings is 1. The van der Waals surface area contributed by atoms with Crippen molar-refractivity contribution in [3.05, 3.63) is 22.5 Å². The Morgan fingerprint density at radius 3 is 3.06 bits per heavy atom. The molecule has 3 heterocycles. The first-order valence-corrected chi connectivity index (χ1v) is 6.09. The number of nitrogens with zero attached hydrogens (tertiary/aromatic N) is 4. The summed E-state index contributed by atoms with van der Waals surface area (Å²) in [4.78, 5) is 22.9. The minimum absolute atomic E-state index is 0.0577. The molecular weight excluding hydrogens is 232 g/mol. The minimum Gasteiger partial charge on any atom is -0.303 e. The molecule has 7 heteroatoms. The quantitative estimate of drug-likeness (QED) is 0.696. The van der Waals surface area contributed by atoms with Gasteiger partial charge in [0.2, 0.25) is 0 Å². The number of nitrogens with two attached hydrogens (primary N) is 1. The van der Waals surface area contributed by atoms with Gasteiger partial charge in [0.05, 0.1) is 11.7 Å². The van der Waals surface area contributed by atoms with Crippen LogP contribution in [0.5, 0.6) is 0 Å². The van der Waals surface area contributed by atoms with E-state index in [0.717, 1.165) is 31.5 Å². The van der Waals surface area contributed by atoms with Crippen LogP contribution in [0.1, 0.15) is 31.0 Å². The van der Waals surface area contributed by atoms with E-state index in [1.807, 2.05) is 0 Å². The van der Waals surface area contributed by atoms with E-state index in [4.69, 9.17) is 5.84 Å². The Morgan fingerprint density at radius 1 is 1.44 bits per heavy atom. The van der Waals surface area contributed by atoms with E-state index in [0.29, 0.717) is 11.2 Å². The van der Waals surface area contributed by atoms with Crippen molar-refractivity contribution in [2.75, 3.05) is 6.54 Å². The van der Waals surface area contributed by atoms with Crippen molar-refractivity contribution in [3.8, 4) is 0 Å². The second-order valence-corrected chi connectivity index (χ2v) is 4.70. The van der Waals surface area contributed by atoms with Gasteiger partial charge in [-0.1, -0.05) is 6.42 Å². The van der Waals surface area contributed by atoms with Crippen LogP contribution >= 0.6 is 0 Å². The summed E-state index contributed by atoms with van der Waals surface area (Å²) in [6.07, 6.45) is 4.68. The molecule has 96 valence electrons. The second-order valence-electron chi connectivity index (χ2n) is 4.70. The third kappa shape index (κ3) is 1.63. The van der Waals surface area contributed by atoms with Crippen LogP contribution in [-0.2, 0) is 7.05 Å². The van der Waals surface area contributed by atoms with E-state index >= 15 is 0 Å². The first kappa shape index (κ1) is 11.4. The standard InChI is InChI=1S/C11H16N6O/c1-16-10-9(15-11(16)18)8(13-6-14-10)7-4-2-3-5-17(7)12/h6-7H,2-5,12H2,1H3,(H,15,18). The molecule has 0 aromatic carbocycles. The molecule has 0 spiro atoms. The second kappa shape index (κ2) is 4.18. The Labute approximate surface area is 104 Å². The number of fused-ring (bicyclic) bond motifs is 1. The summed E-state index contributed by atoms with van der Waals surface area (Å²) in [7, 11) is 1.69. The lowest BCUT2D eigenvalue weighted by Gasteiger charge is -2.31. The zero-order valence-corrected chi connectivity index (χ0v) is 10.3. The number of aromatic nitrogens is 4. The molecule has 1 aliphatic heterocycles. The van der Waals surface area contributed by atoms with Gasteiger partial charge in [0.1, 0.15) is 11.8 Å². The monoisotopic (exact) mass is 248 g/mol. The number of imidazole rings is 1. The lowest BCUT2D eigenvalue weighted by molar-refractivity contribution is 0.149. The molecule has 2 aromatic rings. The van der Waals surface area contributed by atoms with Gasteiger partial charge in [-0.3, -0.25) is 10.4 Å². The van der Waals surface area contributed by atoms with Crippen molar-refractivity contribution in [3.63, 3.8) is 0 Å². The number of hydrogen-bond donors (Lipinski definition) is 2. The molecule has 0 amide bonds. The van der Waals surface area contributed by atoms with E-state index in [1.54, 1.807) is 12.1 Å². The zero-order chi connectivity index (χ0) is 12.7. The average Bonchev–Trinajstić information content (AvgIpc) is 2.67. The normalized spacial score (nSPS) is 21.6. The smallest absolute Gasteiger partial charge is 0.303 e. The summed E-state index contributed by atoms with van der Waals surface area (Å²) in [5.41, 5.74) is 1.97. The Kier molecular flexibility index (Phi) is 2.64. The molecule has 0 aliphatic carbocycles. The number of rotatable bonds is 1. The molecule has 3 rings (SSSR count). The minimum atomic E-state index is -0.175. The fourth-order valence-electron chi connectivity index (χ4n) is 2.55. The van der Waals surface area contributed by atoms with E-state index in [1.165, 1.54) is 10.9 Å². The van der Waals surface area contributed by atoms with Gasteiger partial charge >= 0.3 is 5.69 Å². The van der Waals surface area contributed by atoms with E-state index in [9.17, 15) is 4.79 Å². The summed E-state index contributed by atoms with van der Waals surface area (Å²) in [6.45, 7) is 0.854. The molecule has 18 heavy (non-hydrogen) atoms. The summed E-state index contributed by atoms with van der Waals surface area (Å²) in [5, 5.41) is 1.80. The van der Waals surface area contributed by atoms with Crippen molar-refractivity contribution in [2.45, 2.75) is 25.3 Å². The predicted molar refractivity (Wildman–Crippen MR) is 66.6 cm³/mol. The fourth-order valence-corrected chi connectivity index (χ4v) is 2.55. The summed E-state index contributed by atoms with van der Waals surface area (Å²) >= 11 is 0. The summed E-state index contributed by atoms with van der Waals surface area (Å²) in [5.74, 6) is 6.02. The van der Waals surface area contributed by atoms with Crippen molar-refractivity contribution >= 4 is 11.2 Å². The topological polar surface area (TPSA) is 92.8 Å². The summed E-state index contributed by atoms with van der Waals surface area (Å²) in [6, 6.07) is 0.0577. The highest BCUT2D eigenvalue weighted by Crippen LogP contribution is 2.29. The van der Waals surface area contributed by atoms with Crippen molar-refractivity contribution < 1.29 is 0 Å². The predicted octanol–water partition coefficient (Wildman–Crippen LogP) is 0.0573. The average molecular weight is 248 g/mol. The Hall–Kier alpha value is -1.73. The Morgan fingerprint density at radius 2 is 2.28 bits per heavy atom. The van der Waals surface area contributed by atoms with Gasteiger partial charge in [0.25, 0.3) is 0 Å². The maximum absolute atomic E-state index is 11.6. The van der Waals surface area contributed by atoms with Crippen LogP contribution < -0.4 is 11.5 Å². The molecule has 3 N–H and O–H groups in total. The van der Waals surface area contributed by atoms with Crippen LogP contribution in [0, 0.1) is 0 Å². The number of aryl methyl sites for hydroxylation is 1. The molecule has 7 nitrogen and oxygen atoms in total. The van der Waals surface area contributed by atoms with E-state index < -0.39 is 0 Å². The van der Waals surface area contributed by atoms with Crippen LogP contribution in [0.2, 0.25) is 0 Å². The van der Waals surface area contributed by atoms with Crippen LogP contribution in [0.15, 0.2) is 11.1 Å². The highest BCUT2D eigenvalue weighted by molar-refractivity contribution is 5.73. The van der Waals surface area contributed by atoms with Gasteiger partial charge in [-0.25, -0.2) is 19.8 Å². The first-order chi connectivity index (χ1) is 8.68. The molecule has 1 atom stereocenters. The number of hydrazine groups is 1. The molecule has 1 fully saturated rings. The third-order valence-electron chi connectivity index (χ3n) is 3.57. The molecule has 1 unspecified atom stereocenters. The third-order valence-corrected chi connectivity index (χ3v) is 3.57. The van der Waals surface area contributed by atoms with Crippen molar-refractivity contribution in [1.82, 2.24) is 24.5 Å². The molecular formula is C11H16N6O. The van der Waals surface area contributed by atoms with E-state index in [2.05, 4.69) is 15.0 Å². The molecule has 0 saturated carbocycles. The molecule has 2 aromatic heterocycles. The van der Waals surface area contributed by atoms with Gasteiger partial charge in [-0.05, 0) is 12.8 Å². The molecule has 0 radical (unpaired) electrons. The van der Waals surface area contributed by atoms with Crippen LogP contribution in [-0.4, -0.2) is 31.1 Å². The van der Waals surface area contributed by atoms with Gasteiger partial charge in [0.15, 0.2) is 5.65 Å². The van der Waals surface area contributed by atoms with Gasteiger partial charge in [0, 0.05) is 13.6 Å². The molecule has 1 saturated heterocycles. The largest absolute Gasteiger partial charge is 0.327 e. The maximum Gasteiger partial charge on any atom is 0.327 e. The Bertz CT molecular complexity index is 630. The van der Waals surface area contributed by atoms with Crippen LogP contribution in [0.4, 0.5) is 0 Å². The van der Waals surface area contributed by atoms with Gasteiger partial charge in [-0.2, -0.15) is 0 Å². The highest BCUT2D eigenvalue weighted by Gasteiger charge is 2.25. The number of H-pyrrole nitrogens is 1. The number of hydrogen-bond acceptors (Lipinski definition) is 5.